The molecular formula is C15H16BrNO4. The predicted molar refractivity (Wildman–Crippen MR) is 80.0 cm³/mol. The number of benzene rings is 1. The van der Waals surface area contributed by atoms with Crippen LogP contribution >= 0.6 is 15.9 Å². The summed E-state index contributed by atoms with van der Waals surface area (Å²) < 4.78 is 6.55. The van der Waals surface area contributed by atoms with Gasteiger partial charge in [0.2, 0.25) is 5.91 Å². The molecule has 2 N–H and O–H groups in total. The summed E-state index contributed by atoms with van der Waals surface area (Å²) in [6, 6.07) is 5.55. The van der Waals surface area contributed by atoms with Crippen LogP contribution in [0.25, 0.3) is 0 Å². The molecule has 1 amide bonds. The third-order valence-corrected chi connectivity index (χ3v) is 4.80. The van der Waals surface area contributed by atoms with Crippen LogP contribution in [0.4, 0.5) is 5.69 Å². The van der Waals surface area contributed by atoms with Crippen LogP contribution < -0.4 is 5.32 Å². The molecule has 1 aromatic carbocycles. The lowest BCUT2D eigenvalue weighted by Crippen LogP contribution is -2.41. The number of carbonyl (C=O) groups is 2. The number of hydrogen-bond acceptors (Lipinski definition) is 3. The van der Waals surface area contributed by atoms with Crippen molar-refractivity contribution in [3.63, 3.8) is 0 Å². The van der Waals surface area contributed by atoms with Crippen LogP contribution in [0.2, 0.25) is 0 Å². The highest BCUT2D eigenvalue weighted by Gasteiger charge is 2.55. The Hall–Kier alpha value is -1.40. The maximum atomic E-state index is 12.5. The molecule has 1 aromatic rings. The summed E-state index contributed by atoms with van der Waals surface area (Å²) >= 11 is 3.37. The first-order valence-electron chi connectivity index (χ1n) is 6.92. The van der Waals surface area contributed by atoms with E-state index in [1.807, 2.05) is 19.1 Å². The van der Waals surface area contributed by atoms with E-state index in [4.69, 9.17) is 4.74 Å². The predicted octanol–water partition coefficient (Wildman–Crippen LogP) is 2.57. The number of ether oxygens (including phenoxy) is 1. The molecule has 2 aliphatic heterocycles. The van der Waals surface area contributed by atoms with Crippen LogP contribution in [0.15, 0.2) is 22.7 Å². The molecule has 2 heterocycles. The summed E-state index contributed by atoms with van der Waals surface area (Å²) in [6.07, 6.45) is 0.885. The second-order valence-corrected chi connectivity index (χ2v) is 6.54. The zero-order valence-electron chi connectivity index (χ0n) is 11.5. The molecule has 21 heavy (non-hydrogen) atoms. The zero-order chi connectivity index (χ0) is 15.1. The summed E-state index contributed by atoms with van der Waals surface area (Å²) in [5.41, 5.74) is 1.63. The maximum absolute atomic E-state index is 12.5. The first kappa shape index (κ1) is 14.5. The Morgan fingerprint density at radius 2 is 1.95 bits per heavy atom. The summed E-state index contributed by atoms with van der Waals surface area (Å²) in [7, 11) is 0. The van der Waals surface area contributed by atoms with Crippen molar-refractivity contribution in [2.75, 3.05) is 5.32 Å². The Bertz CT molecular complexity index is 603. The fraction of sp³-hybridized carbons (Fsp3) is 0.467. The number of aryl methyl sites for hydroxylation is 1. The van der Waals surface area contributed by atoms with Crippen molar-refractivity contribution in [3.8, 4) is 0 Å². The van der Waals surface area contributed by atoms with E-state index in [9.17, 15) is 14.7 Å². The summed E-state index contributed by atoms with van der Waals surface area (Å²) in [5.74, 6) is -2.56. The number of anilines is 1. The summed E-state index contributed by atoms with van der Waals surface area (Å²) in [5, 5.41) is 12.2. The molecule has 0 aliphatic carbocycles. The average molecular weight is 354 g/mol. The minimum atomic E-state index is -0.949. The second-order valence-electron chi connectivity index (χ2n) is 5.63. The van der Waals surface area contributed by atoms with Crippen molar-refractivity contribution in [3.05, 3.63) is 28.2 Å². The van der Waals surface area contributed by atoms with E-state index < -0.39 is 17.8 Å². The van der Waals surface area contributed by atoms with E-state index in [-0.39, 0.29) is 18.1 Å². The fourth-order valence-electron chi connectivity index (χ4n) is 3.31. The lowest BCUT2D eigenvalue weighted by atomic mass is 9.78. The first-order valence-corrected chi connectivity index (χ1v) is 7.72. The third kappa shape index (κ3) is 2.58. The van der Waals surface area contributed by atoms with Crippen molar-refractivity contribution in [1.82, 2.24) is 0 Å². The van der Waals surface area contributed by atoms with Gasteiger partial charge in [0.05, 0.1) is 24.0 Å². The highest BCUT2D eigenvalue weighted by molar-refractivity contribution is 9.10. The van der Waals surface area contributed by atoms with Crippen LogP contribution in [-0.2, 0) is 14.3 Å². The normalized spacial score (nSPS) is 30.4. The number of amides is 1. The van der Waals surface area contributed by atoms with E-state index in [0.717, 1.165) is 22.9 Å². The van der Waals surface area contributed by atoms with Gasteiger partial charge in [-0.05, 0) is 43.5 Å². The molecule has 2 bridgehead atoms. The van der Waals surface area contributed by atoms with E-state index in [1.54, 1.807) is 6.07 Å². The van der Waals surface area contributed by atoms with Gasteiger partial charge in [-0.25, -0.2) is 0 Å². The van der Waals surface area contributed by atoms with Gasteiger partial charge in [0.1, 0.15) is 0 Å². The van der Waals surface area contributed by atoms with E-state index in [2.05, 4.69) is 21.2 Å². The Morgan fingerprint density at radius 1 is 1.29 bits per heavy atom. The highest BCUT2D eigenvalue weighted by Crippen LogP contribution is 2.44. The molecule has 0 aromatic heterocycles. The topological polar surface area (TPSA) is 75.6 Å². The van der Waals surface area contributed by atoms with Gasteiger partial charge in [-0.2, -0.15) is 0 Å². The van der Waals surface area contributed by atoms with Crippen molar-refractivity contribution < 1.29 is 19.4 Å². The number of carbonyl (C=O) groups excluding carboxylic acids is 1. The molecule has 0 spiro atoms. The molecule has 0 radical (unpaired) electrons. The highest BCUT2D eigenvalue weighted by atomic mass is 79.9. The van der Waals surface area contributed by atoms with Gasteiger partial charge in [-0.3, -0.25) is 9.59 Å². The molecule has 112 valence electrons. The van der Waals surface area contributed by atoms with Crippen LogP contribution in [0.3, 0.4) is 0 Å². The van der Waals surface area contributed by atoms with Gasteiger partial charge in [-0.1, -0.05) is 15.9 Å². The molecule has 4 atom stereocenters. The minimum absolute atomic E-state index is 0.264. The zero-order valence-corrected chi connectivity index (χ0v) is 13.1. The maximum Gasteiger partial charge on any atom is 0.310 e. The third-order valence-electron chi connectivity index (χ3n) is 4.31. The Labute approximate surface area is 130 Å². The fourth-order valence-corrected chi connectivity index (χ4v) is 3.78. The standard InChI is InChI=1S/C15H16BrNO4/c1-7-6-8(16)2-3-9(7)17-14(18)12-10-4-5-11(21-10)13(12)15(19)20/h2-3,6,10-13H,4-5H2,1H3,(H,17,18)(H,19,20)/t10-,11-,12-,13-/m1/s1. The van der Waals surface area contributed by atoms with E-state index in [0.29, 0.717) is 5.69 Å². The molecule has 5 nitrogen and oxygen atoms in total. The number of halogens is 1. The van der Waals surface area contributed by atoms with Gasteiger partial charge in [0, 0.05) is 10.2 Å². The Kier molecular flexibility index (Phi) is 3.75. The van der Waals surface area contributed by atoms with Crippen molar-refractivity contribution in [1.29, 1.82) is 0 Å². The molecule has 2 fully saturated rings. The van der Waals surface area contributed by atoms with Crippen LogP contribution in [0.1, 0.15) is 18.4 Å². The lowest BCUT2D eigenvalue weighted by molar-refractivity contribution is -0.147. The van der Waals surface area contributed by atoms with Crippen LogP contribution in [0.5, 0.6) is 0 Å². The number of fused-ring (bicyclic) bond motifs is 2. The number of carboxylic acid groups (broad SMARTS) is 1. The minimum Gasteiger partial charge on any atom is -0.481 e. The average Bonchev–Trinajstić information content (AvgIpc) is 3.02. The Morgan fingerprint density at radius 3 is 2.57 bits per heavy atom. The Balaban J connectivity index is 1.80. The molecule has 0 unspecified atom stereocenters. The van der Waals surface area contributed by atoms with Crippen molar-refractivity contribution >= 4 is 33.5 Å². The summed E-state index contributed by atoms with van der Waals surface area (Å²) in [4.78, 5) is 23.9. The number of carboxylic acids is 1. The molecular weight excluding hydrogens is 338 g/mol. The first-order chi connectivity index (χ1) is 9.97. The molecule has 2 saturated heterocycles. The van der Waals surface area contributed by atoms with Gasteiger partial charge in [0.15, 0.2) is 0 Å². The number of nitrogens with one attached hydrogen (secondary N) is 1. The van der Waals surface area contributed by atoms with Crippen molar-refractivity contribution in [2.24, 2.45) is 11.8 Å². The molecule has 2 aliphatic rings. The van der Waals surface area contributed by atoms with E-state index in [1.165, 1.54) is 0 Å². The number of hydrogen-bond donors (Lipinski definition) is 2. The number of rotatable bonds is 3. The van der Waals surface area contributed by atoms with Gasteiger partial charge in [-0.15, -0.1) is 0 Å². The molecule has 0 saturated carbocycles. The van der Waals surface area contributed by atoms with Gasteiger partial charge in [0.25, 0.3) is 0 Å². The smallest absolute Gasteiger partial charge is 0.310 e. The monoisotopic (exact) mass is 353 g/mol. The SMILES string of the molecule is Cc1cc(Br)ccc1NC(=O)[C@H]1[C@H](C(=O)O)[C@H]2CC[C@H]1O2. The molecule has 6 heteroatoms. The van der Waals surface area contributed by atoms with Gasteiger partial charge >= 0.3 is 5.97 Å². The van der Waals surface area contributed by atoms with Crippen LogP contribution in [-0.4, -0.2) is 29.2 Å². The lowest BCUT2D eigenvalue weighted by Gasteiger charge is -2.24. The molecule has 3 rings (SSSR count). The van der Waals surface area contributed by atoms with Gasteiger partial charge < -0.3 is 15.2 Å². The second kappa shape index (κ2) is 5.42. The largest absolute Gasteiger partial charge is 0.481 e. The van der Waals surface area contributed by atoms with Crippen LogP contribution in [0, 0.1) is 18.8 Å². The van der Waals surface area contributed by atoms with Crippen molar-refractivity contribution in [2.45, 2.75) is 32.0 Å². The summed E-state index contributed by atoms with van der Waals surface area (Å²) in [6.45, 7) is 1.90. The van der Waals surface area contributed by atoms with E-state index >= 15 is 0 Å². The quantitative estimate of drug-likeness (QED) is 0.875. The number of aliphatic carboxylic acids is 1.